The maximum absolute atomic E-state index is 11.6. The topological polar surface area (TPSA) is 78.2 Å². The van der Waals surface area contributed by atoms with Gasteiger partial charge in [0.15, 0.2) is 9.84 Å². The van der Waals surface area contributed by atoms with E-state index in [2.05, 4.69) is 6.07 Å². The van der Waals surface area contributed by atoms with Crippen molar-refractivity contribution in [1.29, 1.82) is 5.26 Å². The summed E-state index contributed by atoms with van der Waals surface area (Å²) in [5.74, 6) is 0.189. The summed E-state index contributed by atoms with van der Waals surface area (Å²) in [5, 5.41) is 19.9. The summed E-state index contributed by atoms with van der Waals surface area (Å²) in [4.78, 5) is 0. The molecule has 1 saturated heterocycles. The van der Waals surface area contributed by atoms with E-state index in [9.17, 15) is 18.8 Å². The normalized spacial score (nSPS) is 28.8. The Balaban J connectivity index is 3.07. The van der Waals surface area contributed by atoms with Gasteiger partial charge in [-0.05, 0) is 24.2 Å². The molecule has 1 heterocycles. The standard InChI is InChI=1S/C13H23NO3S/c1-9(2)11(10(3)4)12(15)13(7-14)5-6-18(16,17)8-13/h9-12,15H,5-6,8H2,1-4H3. The van der Waals surface area contributed by atoms with Crippen molar-refractivity contribution in [3.8, 4) is 6.07 Å². The number of sulfone groups is 1. The third-order valence-electron chi connectivity index (χ3n) is 4.03. The summed E-state index contributed by atoms with van der Waals surface area (Å²) in [7, 11) is -3.18. The average molecular weight is 273 g/mol. The van der Waals surface area contributed by atoms with E-state index in [1.165, 1.54) is 0 Å². The van der Waals surface area contributed by atoms with Crippen LogP contribution in [0.1, 0.15) is 34.1 Å². The van der Waals surface area contributed by atoms with Gasteiger partial charge in [-0.25, -0.2) is 8.42 Å². The molecule has 0 aromatic heterocycles. The molecule has 5 heteroatoms. The number of rotatable bonds is 4. The maximum atomic E-state index is 11.6. The number of hydrogen-bond donors (Lipinski definition) is 1. The van der Waals surface area contributed by atoms with E-state index in [-0.39, 0.29) is 35.7 Å². The molecule has 4 nitrogen and oxygen atoms in total. The van der Waals surface area contributed by atoms with E-state index in [1.807, 2.05) is 27.7 Å². The van der Waals surface area contributed by atoms with Crippen LogP contribution in [-0.2, 0) is 9.84 Å². The van der Waals surface area contributed by atoms with E-state index in [0.717, 1.165) is 0 Å². The van der Waals surface area contributed by atoms with Gasteiger partial charge in [0.1, 0.15) is 0 Å². The molecule has 1 N–H and O–H groups in total. The molecule has 0 aromatic rings. The molecule has 18 heavy (non-hydrogen) atoms. The molecule has 0 amide bonds. The second-order valence-electron chi connectivity index (χ2n) is 6.12. The molecule has 1 aliphatic heterocycles. The fourth-order valence-electron chi connectivity index (χ4n) is 3.13. The van der Waals surface area contributed by atoms with Crippen molar-refractivity contribution in [2.24, 2.45) is 23.2 Å². The lowest BCUT2D eigenvalue weighted by Gasteiger charge is -2.37. The molecule has 0 aliphatic carbocycles. The second kappa shape index (κ2) is 5.18. The number of nitriles is 1. The zero-order valence-corrected chi connectivity index (χ0v) is 12.4. The van der Waals surface area contributed by atoms with Crippen LogP contribution in [0.25, 0.3) is 0 Å². The molecule has 0 spiro atoms. The van der Waals surface area contributed by atoms with Crippen molar-refractivity contribution in [2.45, 2.75) is 40.2 Å². The van der Waals surface area contributed by atoms with Crippen LogP contribution in [-0.4, -0.2) is 31.1 Å². The van der Waals surface area contributed by atoms with Gasteiger partial charge in [-0.15, -0.1) is 0 Å². The Hall–Kier alpha value is -0.600. The average Bonchev–Trinajstić information content (AvgIpc) is 2.54. The van der Waals surface area contributed by atoms with E-state index in [0.29, 0.717) is 0 Å². The Morgan fingerprint density at radius 2 is 1.72 bits per heavy atom. The first-order valence-electron chi connectivity index (χ1n) is 6.45. The van der Waals surface area contributed by atoms with Crippen LogP contribution in [0.3, 0.4) is 0 Å². The van der Waals surface area contributed by atoms with Crippen LogP contribution >= 0.6 is 0 Å². The summed E-state index contributed by atoms with van der Waals surface area (Å²) in [6.07, 6.45) is -0.622. The zero-order valence-electron chi connectivity index (χ0n) is 11.5. The highest BCUT2D eigenvalue weighted by molar-refractivity contribution is 7.91. The van der Waals surface area contributed by atoms with E-state index in [4.69, 9.17) is 0 Å². The van der Waals surface area contributed by atoms with E-state index >= 15 is 0 Å². The highest BCUT2D eigenvalue weighted by atomic mass is 32.2. The van der Waals surface area contributed by atoms with Gasteiger partial charge >= 0.3 is 0 Å². The molecule has 104 valence electrons. The smallest absolute Gasteiger partial charge is 0.152 e. The van der Waals surface area contributed by atoms with Crippen LogP contribution in [0.5, 0.6) is 0 Å². The Morgan fingerprint density at radius 3 is 2.00 bits per heavy atom. The monoisotopic (exact) mass is 273 g/mol. The molecule has 0 saturated carbocycles. The van der Waals surface area contributed by atoms with Gasteiger partial charge < -0.3 is 5.11 Å². The highest BCUT2D eigenvalue weighted by Crippen LogP contribution is 2.41. The Labute approximate surface area is 110 Å². The van der Waals surface area contributed by atoms with E-state index < -0.39 is 21.4 Å². The Morgan fingerprint density at radius 1 is 1.22 bits per heavy atom. The van der Waals surface area contributed by atoms with Crippen LogP contribution in [0.15, 0.2) is 0 Å². The first kappa shape index (κ1) is 15.5. The third-order valence-corrected chi connectivity index (χ3v) is 5.81. The van der Waals surface area contributed by atoms with Crippen LogP contribution < -0.4 is 0 Å². The minimum absolute atomic E-state index is 0.0144. The predicted molar refractivity (Wildman–Crippen MR) is 70.5 cm³/mol. The summed E-state index contributed by atoms with van der Waals surface area (Å²) in [6.45, 7) is 8.01. The first-order chi connectivity index (χ1) is 8.15. The van der Waals surface area contributed by atoms with Crippen LogP contribution in [0.4, 0.5) is 0 Å². The summed E-state index contributed by atoms with van der Waals surface area (Å²) >= 11 is 0. The van der Waals surface area contributed by atoms with E-state index in [1.54, 1.807) is 0 Å². The van der Waals surface area contributed by atoms with Crippen molar-refractivity contribution in [3.63, 3.8) is 0 Å². The lowest BCUT2D eigenvalue weighted by Crippen LogP contribution is -2.44. The van der Waals surface area contributed by atoms with Crippen LogP contribution in [0.2, 0.25) is 0 Å². The summed E-state index contributed by atoms with van der Waals surface area (Å²) < 4.78 is 23.2. The molecular formula is C13H23NO3S. The minimum Gasteiger partial charge on any atom is -0.391 e. The third kappa shape index (κ3) is 2.86. The minimum atomic E-state index is -3.18. The molecule has 0 bridgehead atoms. The maximum Gasteiger partial charge on any atom is 0.152 e. The molecule has 0 aromatic carbocycles. The second-order valence-corrected chi connectivity index (χ2v) is 8.30. The zero-order chi connectivity index (χ0) is 14.1. The Kier molecular flexibility index (Phi) is 4.45. The predicted octanol–water partition coefficient (Wildman–Crippen LogP) is 1.60. The van der Waals surface area contributed by atoms with Crippen molar-refractivity contribution in [2.75, 3.05) is 11.5 Å². The van der Waals surface area contributed by atoms with Crippen molar-refractivity contribution in [3.05, 3.63) is 0 Å². The molecule has 1 fully saturated rings. The number of aliphatic hydroxyl groups is 1. The molecule has 1 aliphatic rings. The number of nitrogens with zero attached hydrogens (tertiary/aromatic N) is 1. The molecule has 2 atom stereocenters. The van der Waals surface area contributed by atoms with Gasteiger partial charge in [0.05, 0.1) is 29.1 Å². The van der Waals surface area contributed by atoms with Gasteiger partial charge in [-0.2, -0.15) is 5.26 Å². The molecular weight excluding hydrogens is 250 g/mol. The summed E-state index contributed by atoms with van der Waals surface area (Å²) in [5.41, 5.74) is -1.11. The van der Waals surface area contributed by atoms with Gasteiger partial charge in [0, 0.05) is 0 Å². The van der Waals surface area contributed by atoms with Crippen molar-refractivity contribution in [1.82, 2.24) is 0 Å². The lowest BCUT2D eigenvalue weighted by molar-refractivity contribution is -0.0129. The molecule has 0 radical (unpaired) electrons. The molecule has 2 unspecified atom stereocenters. The molecule has 1 rings (SSSR count). The van der Waals surface area contributed by atoms with Crippen molar-refractivity contribution >= 4 is 9.84 Å². The SMILES string of the molecule is CC(C)C(C(C)C)C(O)C1(C#N)CCS(=O)(=O)C1. The van der Waals surface area contributed by atoms with Gasteiger partial charge in [0.2, 0.25) is 0 Å². The number of aliphatic hydroxyl groups excluding tert-OH is 1. The summed E-state index contributed by atoms with van der Waals surface area (Å²) in [6, 6.07) is 2.09. The van der Waals surface area contributed by atoms with Crippen LogP contribution in [0, 0.1) is 34.5 Å². The van der Waals surface area contributed by atoms with Crippen molar-refractivity contribution < 1.29 is 13.5 Å². The fourth-order valence-corrected chi connectivity index (χ4v) is 5.11. The largest absolute Gasteiger partial charge is 0.391 e. The first-order valence-corrected chi connectivity index (χ1v) is 8.27. The fraction of sp³-hybridized carbons (Fsp3) is 0.923. The van der Waals surface area contributed by atoms with Gasteiger partial charge in [-0.3, -0.25) is 0 Å². The van der Waals surface area contributed by atoms with Gasteiger partial charge in [-0.1, -0.05) is 27.7 Å². The Bertz CT molecular complexity index is 428. The highest BCUT2D eigenvalue weighted by Gasteiger charge is 2.51. The quantitative estimate of drug-likeness (QED) is 0.844. The lowest BCUT2D eigenvalue weighted by atomic mass is 9.69. The van der Waals surface area contributed by atoms with Gasteiger partial charge in [0.25, 0.3) is 0 Å². The number of hydrogen-bond acceptors (Lipinski definition) is 4.